The Bertz CT molecular complexity index is 1090. The zero-order valence-electron chi connectivity index (χ0n) is 21.3. The molecule has 6 heteroatoms. The number of hydrogen-bond acceptors (Lipinski definition) is 5. The molecule has 1 aliphatic rings. The number of amides is 1. The standard InChI is InChI=1S/C28H36N2O4/c1-8-34-22-14-11-20(17-18(22)2)25(31)23-24(19-9-12-21(13-10-19)28(3,4)5)30(16-15-29(6)7)27(33)26(23)32/h9-14,17,24,31H,8,15-16H2,1-7H3/b25-23+. The maximum absolute atomic E-state index is 13.2. The molecule has 1 aliphatic heterocycles. The summed E-state index contributed by atoms with van der Waals surface area (Å²) in [5, 5.41) is 11.3. The fourth-order valence-corrected chi connectivity index (χ4v) is 4.20. The fraction of sp³-hybridized carbons (Fsp3) is 0.429. The van der Waals surface area contributed by atoms with Crippen molar-refractivity contribution in [1.29, 1.82) is 0 Å². The van der Waals surface area contributed by atoms with Gasteiger partial charge in [0.05, 0.1) is 18.2 Å². The van der Waals surface area contributed by atoms with Crippen molar-refractivity contribution in [2.45, 2.75) is 46.1 Å². The van der Waals surface area contributed by atoms with Crippen molar-refractivity contribution in [3.63, 3.8) is 0 Å². The van der Waals surface area contributed by atoms with E-state index < -0.39 is 17.7 Å². The van der Waals surface area contributed by atoms with E-state index >= 15 is 0 Å². The Hall–Kier alpha value is -3.12. The molecule has 6 nitrogen and oxygen atoms in total. The second kappa shape index (κ2) is 10.0. The minimum atomic E-state index is -0.660. The third-order valence-corrected chi connectivity index (χ3v) is 6.17. The highest BCUT2D eigenvalue weighted by Crippen LogP contribution is 2.40. The number of ketones is 1. The molecule has 3 rings (SSSR count). The summed E-state index contributed by atoms with van der Waals surface area (Å²) < 4.78 is 5.60. The number of rotatable bonds is 7. The van der Waals surface area contributed by atoms with Crippen molar-refractivity contribution >= 4 is 17.4 Å². The fourth-order valence-electron chi connectivity index (χ4n) is 4.20. The monoisotopic (exact) mass is 464 g/mol. The number of aryl methyl sites for hydroxylation is 1. The lowest BCUT2D eigenvalue weighted by atomic mass is 9.85. The third kappa shape index (κ3) is 5.17. The van der Waals surface area contributed by atoms with Gasteiger partial charge in [-0.3, -0.25) is 9.59 Å². The van der Waals surface area contributed by atoms with E-state index in [1.165, 1.54) is 0 Å². The summed E-state index contributed by atoms with van der Waals surface area (Å²) in [6.45, 7) is 11.7. The molecule has 2 aromatic carbocycles. The van der Waals surface area contributed by atoms with Gasteiger partial charge in [0.25, 0.3) is 11.7 Å². The molecule has 34 heavy (non-hydrogen) atoms. The first-order valence-corrected chi connectivity index (χ1v) is 11.7. The summed E-state index contributed by atoms with van der Waals surface area (Å²) in [5.41, 5.74) is 3.39. The van der Waals surface area contributed by atoms with Gasteiger partial charge in [-0.25, -0.2) is 0 Å². The topological polar surface area (TPSA) is 70.1 Å². The molecule has 1 atom stereocenters. The smallest absolute Gasteiger partial charge is 0.295 e. The van der Waals surface area contributed by atoms with E-state index in [4.69, 9.17) is 4.74 Å². The van der Waals surface area contributed by atoms with Crippen LogP contribution in [0.15, 0.2) is 48.0 Å². The number of likely N-dealkylation sites (tertiary alicyclic amines) is 1. The van der Waals surface area contributed by atoms with E-state index in [0.717, 1.165) is 22.4 Å². The predicted molar refractivity (Wildman–Crippen MR) is 135 cm³/mol. The van der Waals surface area contributed by atoms with Gasteiger partial charge in [0.1, 0.15) is 11.5 Å². The number of aliphatic hydroxyl groups excluding tert-OH is 1. The van der Waals surface area contributed by atoms with Gasteiger partial charge in [0.2, 0.25) is 0 Å². The second-order valence-electron chi connectivity index (χ2n) is 10.1. The molecule has 1 N–H and O–H groups in total. The molecule has 0 aromatic heterocycles. The maximum Gasteiger partial charge on any atom is 0.295 e. The van der Waals surface area contributed by atoms with Crippen LogP contribution in [0.2, 0.25) is 0 Å². The Balaban J connectivity index is 2.13. The number of Topliss-reactive ketones (excluding diaryl/α,β-unsaturated/α-hetero) is 1. The molecule has 2 aromatic rings. The van der Waals surface area contributed by atoms with Gasteiger partial charge in [-0.05, 0) is 68.2 Å². The lowest BCUT2D eigenvalue weighted by Crippen LogP contribution is -2.35. The molecule has 1 saturated heterocycles. The van der Waals surface area contributed by atoms with E-state index in [-0.39, 0.29) is 16.7 Å². The van der Waals surface area contributed by atoms with Crippen molar-refractivity contribution in [3.8, 4) is 5.75 Å². The first kappa shape index (κ1) is 25.5. The Morgan fingerprint density at radius 1 is 1.09 bits per heavy atom. The number of ether oxygens (including phenoxy) is 1. The van der Waals surface area contributed by atoms with Crippen LogP contribution in [0.4, 0.5) is 0 Å². The molecule has 1 heterocycles. The molecule has 1 unspecified atom stereocenters. The Labute approximate surface area is 202 Å². The molecule has 0 saturated carbocycles. The van der Waals surface area contributed by atoms with Crippen molar-refractivity contribution < 1.29 is 19.4 Å². The van der Waals surface area contributed by atoms with Crippen LogP contribution in [0.25, 0.3) is 5.76 Å². The minimum absolute atomic E-state index is 0.0227. The molecular formula is C28H36N2O4. The molecule has 0 bridgehead atoms. The molecule has 1 amide bonds. The number of hydrogen-bond donors (Lipinski definition) is 1. The summed E-state index contributed by atoms with van der Waals surface area (Å²) in [6.07, 6.45) is 0. The van der Waals surface area contributed by atoms with Gasteiger partial charge in [-0.15, -0.1) is 0 Å². The van der Waals surface area contributed by atoms with Crippen molar-refractivity contribution in [1.82, 2.24) is 9.80 Å². The van der Waals surface area contributed by atoms with Gasteiger partial charge < -0.3 is 19.6 Å². The van der Waals surface area contributed by atoms with Crippen LogP contribution in [-0.4, -0.2) is 60.4 Å². The van der Waals surface area contributed by atoms with Gasteiger partial charge in [-0.1, -0.05) is 45.0 Å². The van der Waals surface area contributed by atoms with Gasteiger partial charge in [0, 0.05) is 18.7 Å². The second-order valence-corrected chi connectivity index (χ2v) is 10.1. The summed E-state index contributed by atoms with van der Waals surface area (Å²) in [6, 6.07) is 12.6. The predicted octanol–water partition coefficient (Wildman–Crippen LogP) is 4.67. The van der Waals surface area contributed by atoms with Crippen LogP contribution in [0, 0.1) is 6.92 Å². The minimum Gasteiger partial charge on any atom is -0.507 e. The highest BCUT2D eigenvalue weighted by Gasteiger charge is 2.46. The maximum atomic E-state index is 13.2. The van der Waals surface area contributed by atoms with Crippen LogP contribution in [-0.2, 0) is 15.0 Å². The summed E-state index contributed by atoms with van der Waals surface area (Å²) in [5.74, 6) is -0.690. The number of benzene rings is 2. The van der Waals surface area contributed by atoms with Crippen molar-refractivity contribution in [2.24, 2.45) is 0 Å². The van der Waals surface area contributed by atoms with Crippen molar-refractivity contribution in [2.75, 3.05) is 33.8 Å². The van der Waals surface area contributed by atoms with E-state index in [1.54, 1.807) is 23.1 Å². The Morgan fingerprint density at radius 3 is 2.26 bits per heavy atom. The van der Waals surface area contributed by atoms with E-state index in [1.807, 2.05) is 57.1 Å². The average molecular weight is 465 g/mol. The van der Waals surface area contributed by atoms with Crippen LogP contribution in [0.5, 0.6) is 5.75 Å². The quantitative estimate of drug-likeness (QED) is 0.366. The Kier molecular flexibility index (Phi) is 7.51. The first-order valence-electron chi connectivity index (χ1n) is 11.7. The SMILES string of the molecule is CCOc1ccc(/C(O)=C2\C(=O)C(=O)N(CCN(C)C)C2c2ccc(C(C)(C)C)cc2)cc1C. The zero-order valence-corrected chi connectivity index (χ0v) is 21.3. The summed E-state index contributed by atoms with van der Waals surface area (Å²) in [7, 11) is 3.85. The van der Waals surface area contributed by atoms with Crippen LogP contribution < -0.4 is 4.74 Å². The van der Waals surface area contributed by atoms with E-state index in [2.05, 4.69) is 20.8 Å². The Morgan fingerprint density at radius 2 is 1.74 bits per heavy atom. The summed E-state index contributed by atoms with van der Waals surface area (Å²) in [4.78, 5) is 29.8. The number of aliphatic hydroxyl groups is 1. The van der Waals surface area contributed by atoms with Crippen molar-refractivity contribution in [3.05, 3.63) is 70.3 Å². The number of nitrogens with zero attached hydrogens (tertiary/aromatic N) is 2. The van der Waals surface area contributed by atoms with Gasteiger partial charge in [-0.2, -0.15) is 0 Å². The molecule has 0 aliphatic carbocycles. The largest absolute Gasteiger partial charge is 0.507 e. The third-order valence-electron chi connectivity index (χ3n) is 6.17. The average Bonchev–Trinajstić information content (AvgIpc) is 3.03. The lowest BCUT2D eigenvalue weighted by Gasteiger charge is -2.27. The highest BCUT2D eigenvalue weighted by molar-refractivity contribution is 6.46. The zero-order chi connectivity index (χ0) is 25.2. The summed E-state index contributed by atoms with van der Waals surface area (Å²) >= 11 is 0. The lowest BCUT2D eigenvalue weighted by molar-refractivity contribution is -0.140. The highest BCUT2D eigenvalue weighted by atomic mass is 16.5. The molecule has 182 valence electrons. The molecule has 0 radical (unpaired) electrons. The number of carbonyl (C=O) groups excluding carboxylic acids is 2. The normalized spacial score (nSPS) is 18.1. The molecular weight excluding hydrogens is 428 g/mol. The van der Waals surface area contributed by atoms with Crippen LogP contribution in [0.1, 0.15) is 56.0 Å². The number of likely N-dealkylation sites (N-methyl/N-ethyl adjacent to an activating group) is 1. The van der Waals surface area contributed by atoms with Gasteiger partial charge in [0.15, 0.2) is 0 Å². The molecule has 1 fully saturated rings. The van der Waals surface area contributed by atoms with Crippen LogP contribution in [0.3, 0.4) is 0 Å². The molecule has 0 spiro atoms. The first-order chi connectivity index (χ1) is 16.0. The van der Waals surface area contributed by atoms with E-state index in [9.17, 15) is 14.7 Å². The van der Waals surface area contributed by atoms with E-state index in [0.29, 0.717) is 25.3 Å². The number of carbonyl (C=O) groups is 2. The van der Waals surface area contributed by atoms with Gasteiger partial charge >= 0.3 is 0 Å². The van der Waals surface area contributed by atoms with Crippen LogP contribution >= 0.6 is 0 Å².